The topological polar surface area (TPSA) is 93.1 Å². The van der Waals surface area contributed by atoms with Crippen molar-refractivity contribution >= 4 is 51.1 Å². The van der Waals surface area contributed by atoms with Crippen LogP contribution >= 0.6 is 11.6 Å². The Balaban J connectivity index is 1.13. The maximum Gasteiger partial charge on any atom is 0.208 e. The first kappa shape index (κ1) is 27.2. The van der Waals surface area contributed by atoms with Crippen LogP contribution in [0.2, 0.25) is 5.02 Å². The van der Waals surface area contributed by atoms with Crippen LogP contribution in [0, 0.1) is 6.92 Å². The highest BCUT2D eigenvalue weighted by Gasteiger charge is 2.30. The van der Waals surface area contributed by atoms with Crippen LogP contribution in [0.5, 0.6) is 0 Å². The van der Waals surface area contributed by atoms with Crippen LogP contribution in [0.4, 0.5) is 17.5 Å². The molecule has 0 spiro atoms. The third-order valence-corrected chi connectivity index (χ3v) is 9.58. The lowest BCUT2D eigenvalue weighted by Gasteiger charge is -2.41. The van der Waals surface area contributed by atoms with Crippen LogP contribution in [-0.4, -0.2) is 73.2 Å². The third-order valence-electron chi connectivity index (χ3n) is 9.29. The normalized spacial score (nSPS) is 20.5. The molecule has 1 aliphatic carbocycles. The van der Waals surface area contributed by atoms with Gasteiger partial charge in [-0.2, -0.15) is 0 Å². The molecule has 0 atom stereocenters. The molecule has 5 aromatic rings. The molecule has 0 amide bonds. The number of fused-ring (bicyclic) bond motifs is 2. The first-order chi connectivity index (χ1) is 20.4. The Labute approximate surface area is 251 Å². The van der Waals surface area contributed by atoms with E-state index in [1.165, 1.54) is 39.0 Å². The lowest BCUT2D eigenvalue weighted by molar-refractivity contribution is 0.0828. The van der Waals surface area contributed by atoms with Gasteiger partial charge in [0.1, 0.15) is 23.3 Å². The van der Waals surface area contributed by atoms with Gasteiger partial charge < -0.3 is 25.1 Å². The minimum atomic E-state index is 0.410. The van der Waals surface area contributed by atoms with Crippen molar-refractivity contribution in [2.75, 3.05) is 44.3 Å². The van der Waals surface area contributed by atoms with E-state index < -0.39 is 0 Å². The highest BCUT2D eigenvalue weighted by atomic mass is 35.5. The summed E-state index contributed by atoms with van der Waals surface area (Å²) in [4.78, 5) is 19.0. The largest absolute Gasteiger partial charge is 0.383 e. The van der Waals surface area contributed by atoms with E-state index in [0.29, 0.717) is 22.9 Å². The summed E-state index contributed by atoms with van der Waals surface area (Å²) in [6.07, 6.45) is 8.57. The number of nitrogen functional groups attached to an aromatic ring is 1. The van der Waals surface area contributed by atoms with Gasteiger partial charge in [-0.25, -0.2) is 15.0 Å². The zero-order chi connectivity index (χ0) is 29.0. The van der Waals surface area contributed by atoms with Gasteiger partial charge in [-0.1, -0.05) is 23.7 Å². The number of nitrogens with zero attached hydrogens (tertiary/aromatic N) is 7. The molecular formula is C32H38ClN9. The van der Waals surface area contributed by atoms with Gasteiger partial charge in [-0.05, 0) is 75.0 Å². The van der Waals surface area contributed by atoms with E-state index in [2.05, 4.69) is 68.2 Å². The van der Waals surface area contributed by atoms with Crippen molar-refractivity contribution in [2.24, 2.45) is 7.05 Å². The SMILES string of the molecule is Cc1cc(Cl)c2nc(Nc3ccc(-c4cn([C@H]5CC[C@@H](N6CCN(C)CC6)CC5)c5ncnc(N)c45)cc3)n(C)c2c1. The molecule has 2 aliphatic rings. The molecule has 0 unspecified atom stereocenters. The fourth-order valence-electron chi connectivity index (χ4n) is 6.85. The summed E-state index contributed by atoms with van der Waals surface area (Å²) in [5.74, 6) is 1.26. The summed E-state index contributed by atoms with van der Waals surface area (Å²) in [5, 5.41) is 5.05. The molecule has 9 nitrogen and oxygen atoms in total. The molecular weight excluding hydrogens is 546 g/mol. The van der Waals surface area contributed by atoms with Gasteiger partial charge in [0, 0.05) is 62.8 Å². The van der Waals surface area contributed by atoms with Gasteiger partial charge in [0.2, 0.25) is 5.95 Å². The van der Waals surface area contributed by atoms with Crippen LogP contribution in [0.25, 0.3) is 33.2 Å². The molecule has 218 valence electrons. The Morgan fingerprint density at radius 1 is 0.929 bits per heavy atom. The Hall–Kier alpha value is -3.66. The second-order valence-electron chi connectivity index (χ2n) is 12.0. The fraction of sp³-hybridized carbons (Fsp3) is 0.406. The highest BCUT2D eigenvalue weighted by molar-refractivity contribution is 6.35. The van der Waals surface area contributed by atoms with Crippen molar-refractivity contribution in [3.8, 4) is 11.1 Å². The summed E-state index contributed by atoms with van der Waals surface area (Å²) in [6.45, 7) is 6.74. The summed E-state index contributed by atoms with van der Waals surface area (Å²) in [5.41, 5.74) is 13.4. The van der Waals surface area contributed by atoms with Gasteiger partial charge in [-0.3, -0.25) is 4.90 Å². The first-order valence-electron chi connectivity index (χ1n) is 14.9. The number of aromatic nitrogens is 5. The molecule has 2 aromatic carbocycles. The van der Waals surface area contributed by atoms with E-state index in [4.69, 9.17) is 27.3 Å². The van der Waals surface area contributed by atoms with E-state index in [1.807, 2.05) is 24.6 Å². The molecule has 10 heteroatoms. The average molecular weight is 584 g/mol. The Morgan fingerprint density at radius 2 is 1.64 bits per heavy atom. The number of hydrogen-bond acceptors (Lipinski definition) is 7. The number of likely N-dealkylation sites (N-methyl/N-ethyl adjacent to an activating group) is 1. The van der Waals surface area contributed by atoms with Crippen molar-refractivity contribution in [3.63, 3.8) is 0 Å². The summed E-state index contributed by atoms with van der Waals surface area (Å²) in [7, 11) is 4.22. The van der Waals surface area contributed by atoms with Crippen LogP contribution < -0.4 is 11.1 Å². The molecule has 4 heterocycles. The number of nitrogens with one attached hydrogen (secondary N) is 1. The number of nitrogens with two attached hydrogens (primary N) is 1. The summed E-state index contributed by atoms with van der Waals surface area (Å²) >= 11 is 6.48. The zero-order valence-electron chi connectivity index (χ0n) is 24.5. The second-order valence-corrected chi connectivity index (χ2v) is 12.4. The second kappa shape index (κ2) is 10.9. The number of aryl methyl sites for hydroxylation is 2. The predicted molar refractivity (Wildman–Crippen MR) is 171 cm³/mol. The molecule has 3 aromatic heterocycles. The Bertz CT molecular complexity index is 1740. The first-order valence-corrected chi connectivity index (χ1v) is 15.3. The Morgan fingerprint density at radius 3 is 2.38 bits per heavy atom. The Kier molecular flexibility index (Phi) is 7.04. The van der Waals surface area contributed by atoms with Gasteiger partial charge in [0.05, 0.1) is 15.9 Å². The number of halogens is 1. The minimum Gasteiger partial charge on any atom is -0.383 e. The van der Waals surface area contributed by atoms with E-state index in [-0.39, 0.29) is 0 Å². The number of rotatable bonds is 5. The van der Waals surface area contributed by atoms with Crippen molar-refractivity contribution in [1.82, 2.24) is 33.9 Å². The van der Waals surface area contributed by atoms with E-state index in [9.17, 15) is 0 Å². The van der Waals surface area contributed by atoms with Gasteiger partial charge in [0.15, 0.2) is 0 Å². The van der Waals surface area contributed by atoms with E-state index >= 15 is 0 Å². The number of benzene rings is 2. The smallest absolute Gasteiger partial charge is 0.208 e. The highest BCUT2D eigenvalue weighted by Crippen LogP contribution is 2.39. The van der Waals surface area contributed by atoms with Crippen LogP contribution in [0.1, 0.15) is 37.3 Å². The van der Waals surface area contributed by atoms with Crippen molar-refractivity contribution < 1.29 is 0 Å². The van der Waals surface area contributed by atoms with Crippen molar-refractivity contribution in [1.29, 1.82) is 0 Å². The molecule has 42 heavy (non-hydrogen) atoms. The van der Waals surface area contributed by atoms with Crippen LogP contribution in [-0.2, 0) is 7.05 Å². The lowest BCUT2D eigenvalue weighted by atomic mass is 9.89. The third kappa shape index (κ3) is 4.89. The standard InChI is InChI=1S/C32H38ClN9/c1-20-16-26(33)29-27(17-20)40(3)32(38-29)37-22-6-4-21(5-7-22)25-18-42(31-28(25)30(34)35-19-36-31)24-10-8-23(9-11-24)41-14-12-39(2)13-15-41/h4-7,16-19,23-24H,8-15H2,1-3H3,(H,37,38)(H2,34,35,36)/t23-,24+. The molecule has 0 bridgehead atoms. The minimum absolute atomic E-state index is 0.410. The molecule has 0 radical (unpaired) electrons. The lowest BCUT2D eigenvalue weighted by Crippen LogP contribution is -2.49. The van der Waals surface area contributed by atoms with Crippen LogP contribution in [0.15, 0.2) is 48.9 Å². The molecule has 1 saturated carbocycles. The summed E-state index contributed by atoms with van der Waals surface area (Å²) in [6, 6.07) is 13.5. The predicted octanol–water partition coefficient (Wildman–Crippen LogP) is 6.00. The number of anilines is 3. The maximum absolute atomic E-state index is 6.48. The molecule has 3 N–H and O–H groups in total. The quantitative estimate of drug-likeness (QED) is 0.262. The summed E-state index contributed by atoms with van der Waals surface area (Å²) < 4.78 is 4.40. The zero-order valence-corrected chi connectivity index (χ0v) is 25.3. The van der Waals surface area contributed by atoms with Gasteiger partial charge >= 0.3 is 0 Å². The van der Waals surface area contributed by atoms with Gasteiger partial charge in [-0.15, -0.1) is 0 Å². The number of imidazole rings is 1. The number of piperazine rings is 1. The monoisotopic (exact) mass is 583 g/mol. The maximum atomic E-state index is 6.48. The van der Waals surface area contributed by atoms with E-state index in [1.54, 1.807) is 6.33 Å². The van der Waals surface area contributed by atoms with Crippen LogP contribution in [0.3, 0.4) is 0 Å². The van der Waals surface area contributed by atoms with Crippen molar-refractivity contribution in [2.45, 2.75) is 44.7 Å². The molecule has 7 rings (SSSR count). The average Bonchev–Trinajstić information content (AvgIpc) is 3.53. The fourth-order valence-corrected chi connectivity index (χ4v) is 7.16. The molecule has 2 fully saturated rings. The number of hydrogen-bond donors (Lipinski definition) is 2. The van der Waals surface area contributed by atoms with Gasteiger partial charge in [0.25, 0.3) is 0 Å². The molecule has 1 aliphatic heterocycles. The molecule has 1 saturated heterocycles. The van der Waals surface area contributed by atoms with Crippen molar-refractivity contribution in [3.05, 3.63) is 59.5 Å². The van der Waals surface area contributed by atoms with E-state index in [0.717, 1.165) is 63.2 Å².